The zero-order chi connectivity index (χ0) is 15.8. The molecule has 0 spiro atoms. The van der Waals surface area contributed by atoms with Gasteiger partial charge in [-0.15, -0.1) is 11.3 Å². The second-order valence-electron chi connectivity index (χ2n) is 4.89. The van der Waals surface area contributed by atoms with Crippen LogP contribution < -0.4 is 15.8 Å². The second kappa shape index (κ2) is 8.51. The lowest BCUT2D eigenvalue weighted by atomic mass is 10.2. The fraction of sp³-hybridized carbons (Fsp3) is 0.375. The number of para-hydroxylation sites is 1. The Morgan fingerprint density at radius 1 is 1.41 bits per heavy atom. The molecule has 0 fully saturated rings. The van der Waals surface area contributed by atoms with Crippen molar-refractivity contribution in [3.05, 3.63) is 45.9 Å². The van der Waals surface area contributed by atoms with Gasteiger partial charge in [0.25, 0.3) is 5.91 Å². The highest BCUT2D eigenvalue weighted by Crippen LogP contribution is 2.16. The second-order valence-corrected chi connectivity index (χ2v) is 5.83. The standard InChI is InChI=1S/C16H21N3O2S/c1-12-5-2-3-6-14(12)21-10-4-9-18-16(20)13-11-22-15(19-13)7-8-17/h2-3,5-6,11H,4,7-10,17H2,1H3,(H,18,20). The van der Waals surface area contributed by atoms with Crippen molar-refractivity contribution in [2.24, 2.45) is 5.73 Å². The Morgan fingerprint density at radius 2 is 2.23 bits per heavy atom. The van der Waals surface area contributed by atoms with Gasteiger partial charge in [0, 0.05) is 18.3 Å². The van der Waals surface area contributed by atoms with Gasteiger partial charge in [0.15, 0.2) is 0 Å². The van der Waals surface area contributed by atoms with Crippen LogP contribution in [0.3, 0.4) is 0 Å². The predicted octanol–water partition coefficient (Wildman–Crippen LogP) is 2.15. The summed E-state index contributed by atoms with van der Waals surface area (Å²) >= 11 is 1.47. The third-order valence-corrected chi connectivity index (χ3v) is 4.01. The highest BCUT2D eigenvalue weighted by atomic mass is 32.1. The summed E-state index contributed by atoms with van der Waals surface area (Å²) < 4.78 is 5.68. The fourth-order valence-corrected chi connectivity index (χ4v) is 2.71. The van der Waals surface area contributed by atoms with E-state index in [-0.39, 0.29) is 5.91 Å². The molecule has 3 N–H and O–H groups in total. The quantitative estimate of drug-likeness (QED) is 0.731. The molecule has 5 nitrogen and oxygen atoms in total. The number of carbonyl (C=O) groups excluding carboxylic acids is 1. The molecule has 0 radical (unpaired) electrons. The molecule has 0 saturated carbocycles. The van der Waals surface area contributed by atoms with Crippen LogP contribution in [0, 0.1) is 6.92 Å². The van der Waals surface area contributed by atoms with E-state index in [1.807, 2.05) is 31.2 Å². The predicted molar refractivity (Wildman–Crippen MR) is 88.5 cm³/mol. The summed E-state index contributed by atoms with van der Waals surface area (Å²) in [6, 6.07) is 7.89. The first-order valence-electron chi connectivity index (χ1n) is 7.32. The lowest BCUT2D eigenvalue weighted by molar-refractivity contribution is 0.0947. The van der Waals surface area contributed by atoms with E-state index in [0.717, 1.165) is 22.7 Å². The van der Waals surface area contributed by atoms with Gasteiger partial charge in [0.1, 0.15) is 11.4 Å². The molecule has 2 rings (SSSR count). The van der Waals surface area contributed by atoms with Crippen LogP contribution in [-0.4, -0.2) is 30.6 Å². The number of nitrogens with two attached hydrogens (primary N) is 1. The summed E-state index contributed by atoms with van der Waals surface area (Å²) in [4.78, 5) is 16.2. The molecule has 1 aromatic carbocycles. The SMILES string of the molecule is Cc1ccccc1OCCCNC(=O)c1csc(CCN)n1. The Morgan fingerprint density at radius 3 is 3.00 bits per heavy atom. The Kier molecular flexibility index (Phi) is 6.36. The third-order valence-electron chi connectivity index (χ3n) is 3.10. The van der Waals surface area contributed by atoms with E-state index in [1.165, 1.54) is 11.3 Å². The molecule has 1 amide bonds. The highest BCUT2D eigenvalue weighted by Gasteiger charge is 2.09. The molecule has 0 unspecified atom stereocenters. The maximum absolute atomic E-state index is 11.9. The molecule has 118 valence electrons. The summed E-state index contributed by atoms with van der Waals surface area (Å²) in [5.41, 5.74) is 7.05. The van der Waals surface area contributed by atoms with Crippen molar-refractivity contribution >= 4 is 17.2 Å². The van der Waals surface area contributed by atoms with Gasteiger partial charge in [-0.05, 0) is 31.5 Å². The van der Waals surface area contributed by atoms with Gasteiger partial charge in [0.2, 0.25) is 0 Å². The van der Waals surface area contributed by atoms with E-state index in [9.17, 15) is 4.79 Å². The first kappa shape index (κ1) is 16.5. The number of thiazole rings is 1. The molecule has 1 heterocycles. The van der Waals surface area contributed by atoms with Crippen molar-refractivity contribution in [2.45, 2.75) is 19.8 Å². The number of aromatic nitrogens is 1. The number of hydrogen-bond acceptors (Lipinski definition) is 5. The van der Waals surface area contributed by atoms with Crippen LogP contribution in [0.4, 0.5) is 0 Å². The van der Waals surface area contributed by atoms with Crippen molar-refractivity contribution in [2.75, 3.05) is 19.7 Å². The van der Waals surface area contributed by atoms with Gasteiger partial charge in [-0.25, -0.2) is 4.98 Å². The normalized spacial score (nSPS) is 10.5. The molecule has 0 aliphatic carbocycles. The number of ether oxygens (including phenoxy) is 1. The van der Waals surface area contributed by atoms with E-state index < -0.39 is 0 Å². The average molecular weight is 319 g/mol. The number of aryl methyl sites for hydroxylation is 1. The average Bonchev–Trinajstić information content (AvgIpc) is 2.98. The van der Waals surface area contributed by atoms with Crippen molar-refractivity contribution in [3.8, 4) is 5.75 Å². The van der Waals surface area contributed by atoms with Crippen LogP contribution in [0.2, 0.25) is 0 Å². The summed E-state index contributed by atoms with van der Waals surface area (Å²) in [7, 11) is 0. The summed E-state index contributed by atoms with van der Waals surface area (Å²) in [5, 5.41) is 5.52. The van der Waals surface area contributed by atoms with E-state index in [2.05, 4.69) is 10.3 Å². The summed E-state index contributed by atoms with van der Waals surface area (Å²) in [6.07, 6.45) is 1.46. The minimum absolute atomic E-state index is 0.143. The number of amides is 1. The number of nitrogens with one attached hydrogen (secondary N) is 1. The van der Waals surface area contributed by atoms with Crippen LogP contribution in [0.25, 0.3) is 0 Å². The molecule has 2 aromatic rings. The number of hydrogen-bond donors (Lipinski definition) is 2. The first-order valence-corrected chi connectivity index (χ1v) is 8.19. The zero-order valence-electron chi connectivity index (χ0n) is 12.7. The Bertz CT molecular complexity index is 613. The highest BCUT2D eigenvalue weighted by molar-refractivity contribution is 7.09. The van der Waals surface area contributed by atoms with E-state index in [1.54, 1.807) is 5.38 Å². The largest absolute Gasteiger partial charge is 0.493 e. The van der Waals surface area contributed by atoms with E-state index in [0.29, 0.717) is 31.8 Å². The van der Waals surface area contributed by atoms with Gasteiger partial charge in [-0.3, -0.25) is 4.79 Å². The Labute approximate surface area is 134 Å². The van der Waals surface area contributed by atoms with Gasteiger partial charge in [0.05, 0.1) is 11.6 Å². The molecule has 0 aliphatic heterocycles. The number of rotatable bonds is 8. The van der Waals surface area contributed by atoms with Gasteiger partial charge in [-0.1, -0.05) is 18.2 Å². The molecule has 6 heteroatoms. The van der Waals surface area contributed by atoms with Crippen LogP contribution in [0.5, 0.6) is 5.75 Å². The smallest absolute Gasteiger partial charge is 0.270 e. The van der Waals surface area contributed by atoms with Crippen LogP contribution in [0.15, 0.2) is 29.6 Å². The van der Waals surface area contributed by atoms with Crippen molar-refractivity contribution in [1.29, 1.82) is 0 Å². The minimum atomic E-state index is -0.143. The molecular weight excluding hydrogens is 298 g/mol. The van der Waals surface area contributed by atoms with Crippen molar-refractivity contribution in [3.63, 3.8) is 0 Å². The molecule has 0 bridgehead atoms. The van der Waals surface area contributed by atoms with Gasteiger partial charge in [-0.2, -0.15) is 0 Å². The van der Waals surface area contributed by atoms with Crippen molar-refractivity contribution < 1.29 is 9.53 Å². The molecular formula is C16H21N3O2S. The maximum Gasteiger partial charge on any atom is 0.270 e. The zero-order valence-corrected chi connectivity index (χ0v) is 13.5. The van der Waals surface area contributed by atoms with Crippen LogP contribution in [0.1, 0.15) is 27.5 Å². The van der Waals surface area contributed by atoms with E-state index in [4.69, 9.17) is 10.5 Å². The van der Waals surface area contributed by atoms with Gasteiger partial charge < -0.3 is 15.8 Å². The molecule has 1 aromatic heterocycles. The number of benzene rings is 1. The van der Waals surface area contributed by atoms with E-state index >= 15 is 0 Å². The maximum atomic E-state index is 11.9. The number of carbonyl (C=O) groups is 1. The monoisotopic (exact) mass is 319 g/mol. The molecule has 0 saturated heterocycles. The summed E-state index contributed by atoms with van der Waals surface area (Å²) in [5.74, 6) is 0.746. The molecule has 22 heavy (non-hydrogen) atoms. The lowest BCUT2D eigenvalue weighted by Crippen LogP contribution is -2.26. The Balaban J connectivity index is 1.67. The number of nitrogens with zero attached hydrogens (tertiary/aromatic N) is 1. The topological polar surface area (TPSA) is 77.2 Å². The minimum Gasteiger partial charge on any atom is -0.493 e. The van der Waals surface area contributed by atoms with Crippen molar-refractivity contribution in [1.82, 2.24) is 10.3 Å². The van der Waals surface area contributed by atoms with Crippen LogP contribution in [-0.2, 0) is 6.42 Å². The fourth-order valence-electron chi connectivity index (χ4n) is 1.92. The molecule has 0 atom stereocenters. The summed E-state index contributed by atoms with van der Waals surface area (Å²) in [6.45, 7) is 3.69. The van der Waals surface area contributed by atoms with Crippen LogP contribution >= 0.6 is 11.3 Å². The first-order chi connectivity index (χ1) is 10.7. The lowest BCUT2D eigenvalue weighted by Gasteiger charge is -2.08. The van der Waals surface area contributed by atoms with Gasteiger partial charge >= 0.3 is 0 Å². The third kappa shape index (κ3) is 4.82. The Hall–Kier alpha value is -1.92. The molecule has 0 aliphatic rings.